The fraction of sp³-hybridized carbons (Fsp3) is 1.00. The summed E-state index contributed by atoms with van der Waals surface area (Å²) in [6.07, 6.45) is 38.6. The summed E-state index contributed by atoms with van der Waals surface area (Å²) in [4.78, 5) is 0. The second-order valence-corrected chi connectivity index (χ2v) is 9.92. The molecular weight excluding hydrogens is 362 g/mol. The van der Waals surface area contributed by atoms with Crippen LogP contribution in [0.4, 0.5) is 0 Å². The Morgan fingerprint density at radius 3 is 0.600 bits per heavy atom. The predicted molar refractivity (Wildman–Crippen MR) is 137 cm³/mol. The molecule has 0 N–H and O–H groups in total. The zero-order valence-electron chi connectivity index (χ0n) is 21.2. The van der Waals surface area contributed by atoms with Crippen molar-refractivity contribution >= 4 is 0 Å². The average Bonchev–Trinajstić information content (AvgIpc) is 2.76. The summed E-state index contributed by atoms with van der Waals surface area (Å²) in [6.45, 7) is 2.68. The van der Waals surface area contributed by atoms with Crippen LogP contribution < -0.4 is 5.73 Å². The van der Waals surface area contributed by atoms with Crippen molar-refractivity contribution in [1.82, 2.24) is 5.73 Å². The Morgan fingerprint density at radius 2 is 0.433 bits per heavy atom. The molecular formula is C29H59N. The van der Waals surface area contributed by atoms with Gasteiger partial charge in [-0.25, -0.2) is 0 Å². The monoisotopic (exact) mass is 421 g/mol. The molecule has 180 valence electrons. The van der Waals surface area contributed by atoms with Crippen LogP contribution in [0.5, 0.6) is 0 Å². The van der Waals surface area contributed by atoms with E-state index >= 15 is 0 Å². The van der Waals surface area contributed by atoms with Crippen LogP contribution in [0.25, 0.3) is 0 Å². The summed E-state index contributed by atoms with van der Waals surface area (Å²) < 4.78 is 0. The largest absolute Gasteiger partial charge is 0.145 e. The molecule has 0 aliphatic rings. The Hall–Kier alpha value is -0.0400. The highest BCUT2D eigenvalue weighted by atomic mass is 14.5. The van der Waals surface area contributed by atoms with Crippen molar-refractivity contribution in [3.63, 3.8) is 0 Å². The van der Waals surface area contributed by atoms with Gasteiger partial charge in [-0.15, -0.1) is 5.73 Å². The summed E-state index contributed by atoms with van der Waals surface area (Å²) in [6, 6.07) is 0. The first-order chi connectivity index (χ1) is 14.9. The average molecular weight is 422 g/mol. The maximum Gasteiger partial charge on any atom is 0.0321 e. The molecule has 1 nitrogen and oxygen atoms in total. The normalized spacial score (nSPS) is 11.4. The van der Waals surface area contributed by atoms with Crippen LogP contribution in [0.1, 0.15) is 180 Å². The van der Waals surface area contributed by atoms with Crippen molar-refractivity contribution in [3.8, 4) is 0 Å². The standard InChI is InChI=1S/C29H59N/c1-2-3-4-5-6-7-8-9-10-11-12-13-14-15-16-17-18-19-20-21-22-23-24-25-26-27-28-29-30/h2-29H2,1H3. The fourth-order valence-electron chi connectivity index (χ4n) is 4.60. The van der Waals surface area contributed by atoms with E-state index in [4.69, 9.17) is 5.73 Å². The first-order valence-corrected chi connectivity index (χ1v) is 14.5. The van der Waals surface area contributed by atoms with E-state index in [1.807, 2.05) is 0 Å². The zero-order chi connectivity index (χ0) is 21.8. The summed E-state index contributed by atoms with van der Waals surface area (Å²) in [7, 11) is 0. The van der Waals surface area contributed by atoms with Gasteiger partial charge in [0.1, 0.15) is 0 Å². The van der Waals surface area contributed by atoms with Gasteiger partial charge in [-0.2, -0.15) is 0 Å². The van der Waals surface area contributed by atoms with Crippen molar-refractivity contribution in [1.29, 1.82) is 0 Å². The first kappa shape index (κ1) is 30.0. The summed E-state index contributed by atoms with van der Waals surface area (Å²) in [5.41, 5.74) is 8.75. The minimum atomic E-state index is 0.374. The van der Waals surface area contributed by atoms with Gasteiger partial charge in [-0.05, 0) is 6.42 Å². The summed E-state index contributed by atoms with van der Waals surface area (Å²) in [5.74, 6) is 0. The zero-order valence-corrected chi connectivity index (χ0v) is 21.2. The third-order valence-electron chi connectivity index (χ3n) is 6.76. The predicted octanol–water partition coefficient (Wildman–Crippen LogP) is 10.6. The lowest BCUT2D eigenvalue weighted by Crippen LogP contribution is -1.86. The van der Waals surface area contributed by atoms with Crippen LogP contribution in [0.2, 0.25) is 0 Å². The molecule has 0 spiro atoms. The quantitative estimate of drug-likeness (QED) is 0.118. The highest BCUT2D eigenvalue weighted by Gasteiger charge is 1.96. The number of hydrogen-bond acceptors (Lipinski definition) is 0. The number of unbranched alkanes of at least 4 members (excludes halogenated alkanes) is 26. The highest BCUT2D eigenvalue weighted by molar-refractivity contribution is 4.52. The van der Waals surface area contributed by atoms with Gasteiger partial charge in [0.15, 0.2) is 0 Å². The Labute approximate surface area is 192 Å². The molecule has 0 heterocycles. The lowest BCUT2D eigenvalue weighted by Gasteiger charge is -2.04. The van der Waals surface area contributed by atoms with Crippen LogP contribution in [0, 0.1) is 0 Å². The number of rotatable bonds is 27. The maximum atomic E-state index is 8.75. The second kappa shape index (κ2) is 29.0. The summed E-state index contributed by atoms with van der Waals surface area (Å²) >= 11 is 0. The Balaban J connectivity index is 2.97. The third-order valence-corrected chi connectivity index (χ3v) is 6.76. The fourth-order valence-corrected chi connectivity index (χ4v) is 4.60. The van der Waals surface area contributed by atoms with E-state index in [2.05, 4.69) is 6.92 Å². The molecule has 0 aliphatic heterocycles. The lowest BCUT2D eigenvalue weighted by molar-refractivity contribution is 0.515. The number of nitrogens with zero attached hydrogens (tertiary/aromatic N) is 1. The van der Waals surface area contributed by atoms with Gasteiger partial charge >= 0.3 is 0 Å². The summed E-state index contributed by atoms with van der Waals surface area (Å²) in [5, 5.41) is 0. The van der Waals surface area contributed by atoms with Gasteiger partial charge in [0.2, 0.25) is 0 Å². The first-order valence-electron chi connectivity index (χ1n) is 14.5. The van der Waals surface area contributed by atoms with Gasteiger partial charge in [0.25, 0.3) is 0 Å². The van der Waals surface area contributed by atoms with Gasteiger partial charge in [0, 0.05) is 6.54 Å². The molecule has 0 saturated heterocycles. The molecule has 0 saturated carbocycles. The van der Waals surface area contributed by atoms with Crippen molar-refractivity contribution in [2.24, 2.45) is 0 Å². The molecule has 0 aromatic rings. The van der Waals surface area contributed by atoms with Crippen LogP contribution in [-0.4, -0.2) is 6.54 Å². The molecule has 0 aliphatic carbocycles. The van der Waals surface area contributed by atoms with Crippen molar-refractivity contribution in [3.05, 3.63) is 0 Å². The van der Waals surface area contributed by atoms with Crippen LogP contribution >= 0.6 is 0 Å². The van der Waals surface area contributed by atoms with Crippen LogP contribution in [-0.2, 0) is 0 Å². The second-order valence-electron chi connectivity index (χ2n) is 9.92. The van der Waals surface area contributed by atoms with Crippen LogP contribution in [0.15, 0.2) is 0 Å². The van der Waals surface area contributed by atoms with Gasteiger partial charge in [-0.3, -0.25) is 0 Å². The molecule has 0 fully saturated rings. The molecule has 0 amide bonds. The minimum absolute atomic E-state index is 0.374. The lowest BCUT2D eigenvalue weighted by atomic mass is 10.0. The van der Waals surface area contributed by atoms with E-state index in [9.17, 15) is 0 Å². The van der Waals surface area contributed by atoms with Crippen molar-refractivity contribution in [2.45, 2.75) is 180 Å². The minimum Gasteiger partial charge on any atom is -0.145 e. The van der Waals surface area contributed by atoms with E-state index in [0.29, 0.717) is 6.54 Å². The molecule has 1 heteroatoms. The molecule has 2 radical (unpaired) electrons. The molecule has 0 unspecified atom stereocenters. The Kier molecular flexibility index (Phi) is 28.9. The van der Waals surface area contributed by atoms with Gasteiger partial charge < -0.3 is 0 Å². The molecule has 0 bridgehead atoms. The van der Waals surface area contributed by atoms with E-state index in [-0.39, 0.29) is 0 Å². The molecule has 0 atom stereocenters. The van der Waals surface area contributed by atoms with Crippen molar-refractivity contribution < 1.29 is 0 Å². The third kappa shape index (κ3) is 28.0. The Morgan fingerprint density at radius 1 is 0.267 bits per heavy atom. The molecule has 0 aromatic heterocycles. The molecule has 0 aromatic carbocycles. The topological polar surface area (TPSA) is 22.3 Å². The SMILES string of the molecule is CCCCCCCCCCCCCCCCCCCCCCCCCCCCC[N]. The van der Waals surface area contributed by atoms with E-state index in [1.54, 1.807) is 0 Å². The molecule has 30 heavy (non-hydrogen) atoms. The van der Waals surface area contributed by atoms with Gasteiger partial charge in [0.05, 0.1) is 0 Å². The smallest absolute Gasteiger partial charge is 0.0321 e. The highest BCUT2D eigenvalue weighted by Crippen LogP contribution is 2.16. The van der Waals surface area contributed by atoms with E-state index in [0.717, 1.165) is 6.42 Å². The van der Waals surface area contributed by atoms with E-state index in [1.165, 1.54) is 167 Å². The van der Waals surface area contributed by atoms with Gasteiger partial charge in [-0.1, -0.05) is 174 Å². The maximum absolute atomic E-state index is 8.75. The number of hydrogen-bond donors (Lipinski definition) is 0. The Bertz CT molecular complexity index is 248. The van der Waals surface area contributed by atoms with Crippen molar-refractivity contribution in [2.75, 3.05) is 6.54 Å². The molecule has 0 rings (SSSR count). The van der Waals surface area contributed by atoms with Crippen LogP contribution in [0.3, 0.4) is 0 Å². The van der Waals surface area contributed by atoms with E-state index < -0.39 is 0 Å².